The zero-order valence-corrected chi connectivity index (χ0v) is 21.7. The molecule has 1 fully saturated rings. The molecule has 12 heteroatoms. The molecular formula is C25H29N7O4S. The van der Waals surface area contributed by atoms with Crippen LogP contribution in [0.5, 0.6) is 5.75 Å². The van der Waals surface area contributed by atoms with Crippen LogP contribution in [0.1, 0.15) is 49.7 Å². The minimum absolute atomic E-state index is 0.0917. The van der Waals surface area contributed by atoms with Crippen molar-refractivity contribution in [2.75, 3.05) is 38.3 Å². The maximum atomic E-state index is 12.8. The van der Waals surface area contributed by atoms with Gasteiger partial charge in [0.15, 0.2) is 17.3 Å². The van der Waals surface area contributed by atoms with E-state index in [-0.39, 0.29) is 34.9 Å². The zero-order chi connectivity index (χ0) is 29.2. The fourth-order valence-corrected chi connectivity index (χ4v) is 4.63. The Morgan fingerprint density at radius 2 is 2.03 bits per heavy atom. The summed E-state index contributed by atoms with van der Waals surface area (Å²) >= 11 is 1.23. The summed E-state index contributed by atoms with van der Waals surface area (Å²) in [4.78, 5) is 44.6. The maximum Gasteiger partial charge on any atom is 0.273 e. The third-order valence-electron chi connectivity index (χ3n) is 5.85. The van der Waals surface area contributed by atoms with Crippen LogP contribution in [-0.2, 0) is 4.79 Å². The van der Waals surface area contributed by atoms with Crippen molar-refractivity contribution in [3.63, 3.8) is 0 Å². The van der Waals surface area contributed by atoms with Crippen molar-refractivity contribution < 1.29 is 23.2 Å². The Morgan fingerprint density at radius 1 is 1.24 bits per heavy atom. The zero-order valence-electron chi connectivity index (χ0n) is 23.8. The Balaban J connectivity index is 1.73. The van der Waals surface area contributed by atoms with E-state index >= 15 is 0 Å². The molecule has 0 spiro atoms. The van der Waals surface area contributed by atoms with Gasteiger partial charge in [0.25, 0.3) is 11.8 Å². The van der Waals surface area contributed by atoms with Gasteiger partial charge in [0.05, 0.1) is 29.7 Å². The highest BCUT2D eigenvalue weighted by atomic mass is 32.1. The van der Waals surface area contributed by atoms with Gasteiger partial charge in [0, 0.05) is 36.7 Å². The number of thiazole rings is 1. The van der Waals surface area contributed by atoms with Crippen LogP contribution in [0.3, 0.4) is 0 Å². The molecular weight excluding hydrogens is 494 g/mol. The summed E-state index contributed by atoms with van der Waals surface area (Å²) in [5, 5.41) is 16.0. The number of hydrogen-bond acceptors (Lipinski definition) is 9. The SMILES string of the molecule is [2H]C([2H])([2H])NC(=O)c1nnc(NC(=O)C2CC2)cc1Nc1cccc(-c2nc(C)c(C(=O)N(C)CC)s2)c1OC. The van der Waals surface area contributed by atoms with Crippen LogP contribution in [0.25, 0.3) is 10.6 Å². The number of methoxy groups -OCH3 is 1. The smallest absolute Gasteiger partial charge is 0.273 e. The molecule has 0 aliphatic heterocycles. The van der Waals surface area contributed by atoms with Gasteiger partial charge >= 0.3 is 0 Å². The molecule has 2 heterocycles. The van der Waals surface area contributed by atoms with Crippen molar-refractivity contribution in [1.29, 1.82) is 0 Å². The van der Waals surface area contributed by atoms with Gasteiger partial charge in [-0.2, -0.15) is 0 Å². The monoisotopic (exact) mass is 526 g/mol. The number of benzene rings is 1. The molecule has 1 aliphatic carbocycles. The Labute approximate surface area is 222 Å². The van der Waals surface area contributed by atoms with E-state index in [0.29, 0.717) is 39.1 Å². The van der Waals surface area contributed by atoms with Gasteiger partial charge in [-0.15, -0.1) is 21.5 Å². The van der Waals surface area contributed by atoms with Crippen molar-refractivity contribution in [2.24, 2.45) is 5.92 Å². The molecule has 0 saturated heterocycles. The average Bonchev–Trinajstić information content (AvgIpc) is 3.68. The van der Waals surface area contributed by atoms with E-state index < -0.39 is 12.9 Å². The largest absolute Gasteiger partial charge is 0.494 e. The minimum Gasteiger partial charge on any atom is -0.494 e. The summed E-state index contributed by atoms with van der Waals surface area (Å²) in [5.41, 5.74) is 1.38. The van der Waals surface area contributed by atoms with Crippen molar-refractivity contribution in [1.82, 2.24) is 25.4 Å². The number of amides is 3. The second-order valence-corrected chi connectivity index (χ2v) is 9.47. The van der Waals surface area contributed by atoms with E-state index in [1.54, 1.807) is 37.1 Å². The standard InChI is InChI=1S/C25H29N7O4S/c1-6-32(4)25(35)21-13(2)27-24(37-21)15-8-7-9-16(20(15)36-5)28-17-12-18(29-22(33)14-10-11-14)30-31-19(17)23(34)26-3/h7-9,12,14H,6,10-11H2,1-5H3,(H,26,34)(H2,28,29,30,33)/i3D3. The van der Waals surface area contributed by atoms with Gasteiger partial charge in [-0.05, 0) is 38.8 Å². The lowest BCUT2D eigenvalue weighted by molar-refractivity contribution is -0.117. The number of ether oxygens (including phenoxy) is 1. The molecule has 11 nitrogen and oxygen atoms in total. The van der Waals surface area contributed by atoms with Crippen LogP contribution in [0.15, 0.2) is 24.3 Å². The van der Waals surface area contributed by atoms with Crippen molar-refractivity contribution in [2.45, 2.75) is 26.7 Å². The molecule has 0 unspecified atom stereocenters. The molecule has 0 bridgehead atoms. The Kier molecular flexibility index (Phi) is 6.53. The van der Waals surface area contributed by atoms with Crippen LogP contribution in [0.2, 0.25) is 0 Å². The van der Waals surface area contributed by atoms with E-state index in [4.69, 9.17) is 8.85 Å². The number of nitrogens with one attached hydrogen (secondary N) is 3. The first-order valence-corrected chi connectivity index (χ1v) is 12.4. The highest BCUT2D eigenvalue weighted by molar-refractivity contribution is 7.17. The second-order valence-electron chi connectivity index (χ2n) is 8.47. The molecule has 1 saturated carbocycles. The summed E-state index contributed by atoms with van der Waals surface area (Å²) in [6, 6.07) is 6.62. The average molecular weight is 527 g/mol. The summed E-state index contributed by atoms with van der Waals surface area (Å²) < 4.78 is 27.9. The first-order chi connectivity index (χ1) is 18.9. The molecule has 3 amide bonds. The van der Waals surface area contributed by atoms with Crippen molar-refractivity contribution >= 4 is 46.3 Å². The predicted molar refractivity (Wildman–Crippen MR) is 142 cm³/mol. The number of rotatable bonds is 9. The van der Waals surface area contributed by atoms with Crippen LogP contribution in [0.4, 0.5) is 17.2 Å². The van der Waals surface area contributed by atoms with Gasteiger partial charge in [-0.25, -0.2) is 4.98 Å². The van der Waals surface area contributed by atoms with Crippen molar-refractivity contribution in [3.8, 4) is 16.3 Å². The van der Waals surface area contributed by atoms with Gasteiger partial charge in [0.1, 0.15) is 9.88 Å². The lowest BCUT2D eigenvalue weighted by atomic mass is 10.1. The molecule has 37 heavy (non-hydrogen) atoms. The summed E-state index contributed by atoms with van der Waals surface area (Å²) in [7, 11) is 3.19. The van der Waals surface area contributed by atoms with Gasteiger partial charge < -0.3 is 25.6 Å². The summed E-state index contributed by atoms with van der Waals surface area (Å²) in [6.45, 7) is 1.45. The molecule has 3 aromatic rings. The highest BCUT2D eigenvalue weighted by Gasteiger charge is 2.30. The first kappa shape index (κ1) is 22.2. The Morgan fingerprint density at radius 3 is 2.70 bits per heavy atom. The topological polar surface area (TPSA) is 138 Å². The number of hydrogen-bond donors (Lipinski definition) is 3. The fourth-order valence-electron chi connectivity index (χ4n) is 3.54. The Bertz CT molecular complexity index is 1460. The molecule has 1 aliphatic rings. The van der Waals surface area contributed by atoms with Crippen molar-refractivity contribution in [3.05, 3.63) is 40.5 Å². The number of aryl methyl sites for hydroxylation is 1. The minimum atomic E-state index is -2.75. The molecule has 2 aromatic heterocycles. The van der Waals surface area contributed by atoms with Gasteiger partial charge in [-0.1, -0.05) is 6.07 Å². The first-order valence-electron chi connectivity index (χ1n) is 13.1. The van der Waals surface area contributed by atoms with E-state index in [1.165, 1.54) is 24.5 Å². The van der Waals surface area contributed by atoms with Crippen LogP contribution >= 0.6 is 11.3 Å². The summed E-state index contributed by atoms with van der Waals surface area (Å²) in [5.74, 6) is -0.961. The molecule has 0 atom stereocenters. The number of carbonyl (C=O) groups is 3. The highest BCUT2D eigenvalue weighted by Crippen LogP contribution is 2.41. The van der Waals surface area contributed by atoms with Gasteiger partial charge in [-0.3, -0.25) is 14.4 Å². The quantitative estimate of drug-likeness (QED) is 0.385. The van der Waals surface area contributed by atoms with Gasteiger partial charge in [0.2, 0.25) is 5.91 Å². The molecule has 1 aromatic carbocycles. The number of para-hydroxylation sites is 1. The lowest BCUT2D eigenvalue weighted by Gasteiger charge is -2.16. The van der Waals surface area contributed by atoms with Crippen LogP contribution in [-0.4, -0.2) is 65.5 Å². The molecule has 0 radical (unpaired) electrons. The molecule has 194 valence electrons. The number of nitrogens with zero attached hydrogens (tertiary/aromatic N) is 4. The fraction of sp³-hybridized carbons (Fsp3) is 0.360. The van der Waals surface area contributed by atoms with E-state index in [2.05, 4.69) is 25.8 Å². The number of carbonyl (C=O) groups excluding carboxylic acids is 3. The number of aromatic nitrogens is 3. The normalized spacial score (nSPS) is 14.1. The predicted octanol–water partition coefficient (Wildman–Crippen LogP) is 3.46. The molecule has 4 rings (SSSR count). The van der Waals surface area contributed by atoms with E-state index in [1.807, 2.05) is 12.2 Å². The maximum absolute atomic E-state index is 12.8. The third kappa shape index (κ3) is 5.53. The second kappa shape index (κ2) is 10.9. The Hall–Kier alpha value is -4.06. The third-order valence-corrected chi connectivity index (χ3v) is 7.03. The summed E-state index contributed by atoms with van der Waals surface area (Å²) in [6.07, 6.45) is 1.57. The van der Waals surface area contributed by atoms with Crippen LogP contribution < -0.4 is 20.7 Å². The molecule has 3 N–H and O–H groups in total. The van der Waals surface area contributed by atoms with E-state index in [9.17, 15) is 14.4 Å². The lowest BCUT2D eigenvalue weighted by Crippen LogP contribution is -2.25. The van der Waals surface area contributed by atoms with E-state index in [0.717, 1.165) is 12.8 Å². The number of anilines is 3. The van der Waals surface area contributed by atoms with Crippen LogP contribution in [0, 0.1) is 12.8 Å².